The number of hydrogen-bond donors (Lipinski definition) is 3. The van der Waals surface area contributed by atoms with Crippen molar-refractivity contribution in [2.45, 2.75) is 25.7 Å². The molecule has 1 saturated heterocycles. The maximum Gasteiger partial charge on any atom is 0.225 e. The normalized spacial score (nSPS) is 23.0. The Balaban J connectivity index is 0.00000243. The Bertz CT molecular complexity index is 636. The van der Waals surface area contributed by atoms with Crippen LogP contribution in [0.25, 0.3) is 0 Å². The van der Waals surface area contributed by atoms with Gasteiger partial charge in [-0.3, -0.25) is 9.79 Å². The van der Waals surface area contributed by atoms with E-state index in [0.717, 1.165) is 31.3 Å². The lowest BCUT2D eigenvalue weighted by molar-refractivity contribution is -0.116. The number of hydrogen-bond acceptors (Lipinski definition) is 3. The highest BCUT2D eigenvalue weighted by molar-refractivity contribution is 14.0. The summed E-state index contributed by atoms with van der Waals surface area (Å²) >= 11 is 0. The molecule has 3 N–H and O–H groups in total. The van der Waals surface area contributed by atoms with Gasteiger partial charge in [0.15, 0.2) is 5.96 Å². The van der Waals surface area contributed by atoms with Gasteiger partial charge in [0.1, 0.15) is 0 Å². The fraction of sp³-hybridized carbons (Fsp3) is 0.579. The Hall–Kier alpha value is -1.35. The van der Waals surface area contributed by atoms with Gasteiger partial charge in [-0.2, -0.15) is 0 Å². The van der Waals surface area contributed by atoms with Crippen LogP contribution in [0.5, 0.6) is 0 Å². The molecule has 2 unspecified atom stereocenters. The highest BCUT2D eigenvalue weighted by Gasteiger charge is 2.25. The van der Waals surface area contributed by atoms with Crippen LogP contribution in [0.15, 0.2) is 29.3 Å². The van der Waals surface area contributed by atoms with Gasteiger partial charge in [0.05, 0.1) is 0 Å². The average Bonchev–Trinajstić information content (AvgIpc) is 3.09. The average molecular weight is 471 g/mol. The van der Waals surface area contributed by atoms with E-state index in [1.165, 1.54) is 18.5 Å². The van der Waals surface area contributed by atoms with Crippen LogP contribution in [0.2, 0.25) is 0 Å². The summed E-state index contributed by atoms with van der Waals surface area (Å²) in [6, 6.07) is 8.04. The van der Waals surface area contributed by atoms with Crippen LogP contribution < -0.4 is 16.0 Å². The molecule has 3 rings (SSSR count). The van der Waals surface area contributed by atoms with E-state index in [4.69, 9.17) is 0 Å². The third kappa shape index (κ3) is 5.33. The molecule has 0 bridgehead atoms. The van der Waals surface area contributed by atoms with Gasteiger partial charge >= 0.3 is 0 Å². The zero-order chi connectivity index (χ0) is 17.6. The van der Waals surface area contributed by atoms with Gasteiger partial charge in [-0.1, -0.05) is 25.1 Å². The molecule has 7 heteroatoms. The molecule has 1 fully saturated rings. The molecular weight excluding hydrogens is 441 g/mol. The van der Waals surface area contributed by atoms with Crippen molar-refractivity contribution < 1.29 is 4.79 Å². The summed E-state index contributed by atoms with van der Waals surface area (Å²) < 4.78 is 0. The molecule has 2 heterocycles. The topological polar surface area (TPSA) is 68.8 Å². The molecule has 1 aromatic rings. The van der Waals surface area contributed by atoms with Gasteiger partial charge < -0.3 is 20.9 Å². The Morgan fingerprint density at radius 1 is 1.31 bits per heavy atom. The molecule has 2 atom stereocenters. The second-order valence-corrected chi connectivity index (χ2v) is 6.92. The molecule has 144 valence electrons. The molecule has 2 aliphatic rings. The molecule has 6 nitrogen and oxygen atoms in total. The van der Waals surface area contributed by atoms with Gasteiger partial charge in [-0.05, 0) is 37.1 Å². The number of nitrogens with zero attached hydrogens (tertiary/aromatic N) is 2. The van der Waals surface area contributed by atoms with E-state index in [1.54, 1.807) is 7.05 Å². The quantitative estimate of drug-likeness (QED) is 0.350. The van der Waals surface area contributed by atoms with Crippen molar-refractivity contribution in [2.24, 2.45) is 10.9 Å². The number of para-hydroxylation sites is 1. The number of likely N-dealkylation sites (tertiary alicyclic amines) is 1. The second kappa shape index (κ2) is 10.1. The first-order valence-corrected chi connectivity index (χ1v) is 9.25. The van der Waals surface area contributed by atoms with Crippen LogP contribution in [0.3, 0.4) is 0 Å². The Kier molecular flexibility index (Phi) is 8.15. The van der Waals surface area contributed by atoms with E-state index in [9.17, 15) is 4.79 Å². The smallest absolute Gasteiger partial charge is 0.225 e. The molecule has 26 heavy (non-hydrogen) atoms. The minimum Gasteiger partial charge on any atom is -0.356 e. The number of carbonyl (C=O) groups excluding carboxylic acids is 1. The summed E-state index contributed by atoms with van der Waals surface area (Å²) in [5.41, 5.74) is 2.12. The summed E-state index contributed by atoms with van der Waals surface area (Å²) in [5.74, 6) is 1.75. The molecule has 0 spiro atoms. The monoisotopic (exact) mass is 471 g/mol. The Labute approximate surface area is 173 Å². The van der Waals surface area contributed by atoms with Crippen molar-refractivity contribution in [1.29, 1.82) is 0 Å². The second-order valence-electron chi connectivity index (χ2n) is 6.92. The number of guanidine groups is 1. The number of nitrogens with one attached hydrogen (secondary N) is 3. The first-order chi connectivity index (χ1) is 12.2. The number of amides is 1. The summed E-state index contributed by atoms with van der Waals surface area (Å²) in [5, 5.41) is 9.78. The standard InChI is InChI=1S/C19H29N5O.HI/c1-3-24-9-8-14(13-24)11-21-19(20-2)22-12-15-10-18(25)23-17-7-5-4-6-16(15)17;/h4-7,14-15H,3,8-13H2,1-2H3,(H,23,25)(H2,20,21,22);1H. The third-order valence-electron chi connectivity index (χ3n) is 5.22. The van der Waals surface area contributed by atoms with Crippen molar-refractivity contribution in [3.63, 3.8) is 0 Å². The van der Waals surface area contributed by atoms with Gasteiger partial charge in [-0.15, -0.1) is 24.0 Å². The lowest BCUT2D eigenvalue weighted by atomic mass is 9.90. The van der Waals surface area contributed by atoms with Crippen molar-refractivity contribution in [3.8, 4) is 0 Å². The molecule has 0 aliphatic carbocycles. The minimum absolute atomic E-state index is 0. The van der Waals surface area contributed by atoms with Crippen LogP contribution in [0.1, 0.15) is 31.2 Å². The van der Waals surface area contributed by atoms with Crippen LogP contribution in [0.4, 0.5) is 5.69 Å². The molecule has 0 aromatic heterocycles. The van der Waals surface area contributed by atoms with E-state index in [1.807, 2.05) is 18.2 Å². The number of halogens is 1. The molecule has 2 aliphatic heterocycles. The lowest BCUT2D eigenvalue weighted by Crippen LogP contribution is -2.42. The van der Waals surface area contributed by atoms with Crippen LogP contribution in [0, 0.1) is 5.92 Å². The minimum atomic E-state index is 0. The molecule has 0 saturated carbocycles. The highest BCUT2D eigenvalue weighted by Crippen LogP contribution is 2.31. The van der Waals surface area contributed by atoms with Crippen LogP contribution >= 0.6 is 24.0 Å². The van der Waals surface area contributed by atoms with E-state index in [-0.39, 0.29) is 35.8 Å². The van der Waals surface area contributed by atoms with E-state index in [0.29, 0.717) is 18.9 Å². The number of anilines is 1. The predicted octanol–water partition coefficient (Wildman–Crippen LogP) is 2.24. The highest BCUT2D eigenvalue weighted by atomic mass is 127. The fourth-order valence-electron chi connectivity index (χ4n) is 3.73. The maximum atomic E-state index is 11.9. The zero-order valence-electron chi connectivity index (χ0n) is 15.6. The first-order valence-electron chi connectivity index (χ1n) is 9.25. The zero-order valence-corrected chi connectivity index (χ0v) is 18.0. The van der Waals surface area contributed by atoms with E-state index < -0.39 is 0 Å². The van der Waals surface area contributed by atoms with Crippen LogP contribution in [-0.4, -0.2) is 56.5 Å². The Morgan fingerprint density at radius 2 is 2.08 bits per heavy atom. The van der Waals surface area contributed by atoms with Crippen molar-refractivity contribution in [2.75, 3.05) is 45.1 Å². The number of carbonyl (C=O) groups is 1. The summed E-state index contributed by atoms with van der Waals surface area (Å²) in [6.07, 6.45) is 1.75. The molecule has 1 aromatic carbocycles. The SMILES string of the molecule is CCN1CCC(CNC(=NC)NCC2CC(=O)Nc3ccccc32)C1.I. The van der Waals surface area contributed by atoms with Gasteiger partial charge in [0.2, 0.25) is 5.91 Å². The van der Waals surface area contributed by atoms with Gasteiger partial charge in [0, 0.05) is 44.7 Å². The predicted molar refractivity (Wildman–Crippen MR) is 117 cm³/mol. The third-order valence-corrected chi connectivity index (χ3v) is 5.22. The van der Waals surface area contributed by atoms with E-state index in [2.05, 4.69) is 38.8 Å². The summed E-state index contributed by atoms with van der Waals surface area (Å²) in [6.45, 7) is 7.36. The van der Waals surface area contributed by atoms with Crippen molar-refractivity contribution in [3.05, 3.63) is 29.8 Å². The fourth-order valence-corrected chi connectivity index (χ4v) is 3.73. The number of benzene rings is 1. The van der Waals surface area contributed by atoms with Gasteiger partial charge in [0.25, 0.3) is 0 Å². The molecule has 0 radical (unpaired) electrons. The van der Waals surface area contributed by atoms with Crippen molar-refractivity contribution in [1.82, 2.24) is 15.5 Å². The molecular formula is C19H30IN5O. The number of fused-ring (bicyclic) bond motifs is 1. The maximum absolute atomic E-state index is 11.9. The summed E-state index contributed by atoms with van der Waals surface area (Å²) in [7, 11) is 1.80. The number of rotatable bonds is 5. The Morgan fingerprint density at radius 3 is 2.81 bits per heavy atom. The largest absolute Gasteiger partial charge is 0.356 e. The van der Waals surface area contributed by atoms with Crippen LogP contribution in [-0.2, 0) is 4.79 Å². The van der Waals surface area contributed by atoms with Crippen molar-refractivity contribution >= 4 is 41.5 Å². The van der Waals surface area contributed by atoms with Gasteiger partial charge in [-0.25, -0.2) is 0 Å². The molecule has 1 amide bonds. The summed E-state index contributed by atoms with van der Waals surface area (Å²) in [4.78, 5) is 18.7. The van der Waals surface area contributed by atoms with E-state index >= 15 is 0 Å². The first kappa shape index (κ1) is 21.0. The number of aliphatic imine (C=N–C) groups is 1. The lowest BCUT2D eigenvalue weighted by Gasteiger charge is -2.26.